The van der Waals surface area contributed by atoms with Gasteiger partial charge in [0.25, 0.3) is 5.89 Å². The molecule has 0 saturated heterocycles. The predicted molar refractivity (Wildman–Crippen MR) is 86.2 cm³/mol. The number of aromatic nitrogens is 2. The number of hydrogen-bond donors (Lipinski definition) is 1. The van der Waals surface area contributed by atoms with Gasteiger partial charge in [0, 0.05) is 16.1 Å². The van der Waals surface area contributed by atoms with Gasteiger partial charge < -0.3 is 15.0 Å². The van der Waals surface area contributed by atoms with E-state index < -0.39 is 0 Å². The van der Waals surface area contributed by atoms with Crippen LogP contribution in [0.25, 0.3) is 22.8 Å². The zero-order chi connectivity index (χ0) is 15.7. The van der Waals surface area contributed by atoms with Crippen LogP contribution in [0.4, 0.5) is 5.69 Å². The highest BCUT2D eigenvalue weighted by molar-refractivity contribution is 6.36. The molecular weight excluding hydrogens is 325 g/mol. The van der Waals surface area contributed by atoms with Gasteiger partial charge in [0.05, 0.1) is 17.8 Å². The maximum atomic E-state index is 6.14. The van der Waals surface area contributed by atoms with Crippen LogP contribution >= 0.6 is 23.2 Å². The van der Waals surface area contributed by atoms with E-state index in [2.05, 4.69) is 10.1 Å². The van der Waals surface area contributed by atoms with E-state index in [0.29, 0.717) is 44.3 Å². The molecule has 7 heteroatoms. The molecule has 112 valence electrons. The van der Waals surface area contributed by atoms with Crippen molar-refractivity contribution in [2.24, 2.45) is 0 Å². The first-order chi connectivity index (χ1) is 10.6. The number of methoxy groups -OCH3 is 1. The Bertz CT molecular complexity index is 833. The quantitative estimate of drug-likeness (QED) is 0.722. The lowest BCUT2D eigenvalue weighted by atomic mass is 10.2. The summed E-state index contributed by atoms with van der Waals surface area (Å²) in [5.74, 6) is 1.31. The average Bonchev–Trinajstić information content (AvgIpc) is 2.96. The lowest BCUT2D eigenvalue weighted by molar-refractivity contribution is 0.416. The van der Waals surface area contributed by atoms with Gasteiger partial charge in [0.2, 0.25) is 5.82 Å². The molecule has 0 atom stereocenters. The molecule has 0 aliphatic carbocycles. The Morgan fingerprint density at radius 1 is 1.14 bits per heavy atom. The van der Waals surface area contributed by atoms with Crippen molar-refractivity contribution in [1.29, 1.82) is 0 Å². The summed E-state index contributed by atoms with van der Waals surface area (Å²) in [6, 6.07) is 10.3. The van der Waals surface area contributed by atoms with Crippen LogP contribution in [0.5, 0.6) is 5.75 Å². The van der Waals surface area contributed by atoms with Crippen LogP contribution in [-0.4, -0.2) is 17.3 Å². The Hall–Kier alpha value is -2.24. The number of nitrogen functional groups attached to an aromatic ring is 1. The summed E-state index contributed by atoms with van der Waals surface area (Å²) >= 11 is 12.0. The maximum absolute atomic E-state index is 6.14. The van der Waals surface area contributed by atoms with Gasteiger partial charge in [-0.25, -0.2) is 0 Å². The van der Waals surface area contributed by atoms with E-state index in [-0.39, 0.29) is 0 Å². The van der Waals surface area contributed by atoms with Crippen molar-refractivity contribution >= 4 is 28.9 Å². The van der Waals surface area contributed by atoms with E-state index in [1.54, 1.807) is 43.5 Å². The Morgan fingerprint density at radius 3 is 2.64 bits per heavy atom. The fraction of sp³-hybridized carbons (Fsp3) is 0.0667. The smallest absolute Gasteiger partial charge is 0.258 e. The number of ether oxygens (including phenoxy) is 1. The SMILES string of the molecule is COc1ccc(-c2nc(-c3ccc(Cl)cc3Cl)no2)cc1N. The third kappa shape index (κ3) is 2.73. The van der Waals surface area contributed by atoms with Gasteiger partial charge in [-0.05, 0) is 36.4 Å². The van der Waals surface area contributed by atoms with Crippen molar-refractivity contribution in [2.75, 3.05) is 12.8 Å². The van der Waals surface area contributed by atoms with E-state index in [9.17, 15) is 0 Å². The van der Waals surface area contributed by atoms with E-state index in [1.807, 2.05) is 0 Å². The molecule has 0 aliphatic rings. The third-order valence-corrected chi connectivity index (χ3v) is 3.62. The first kappa shape index (κ1) is 14.7. The molecular formula is C15H11Cl2N3O2. The summed E-state index contributed by atoms with van der Waals surface area (Å²) < 4.78 is 10.4. The van der Waals surface area contributed by atoms with E-state index in [4.69, 9.17) is 38.2 Å². The van der Waals surface area contributed by atoms with Crippen LogP contribution in [0, 0.1) is 0 Å². The van der Waals surface area contributed by atoms with Crippen LogP contribution in [0.15, 0.2) is 40.9 Å². The normalized spacial score (nSPS) is 10.7. The fourth-order valence-electron chi connectivity index (χ4n) is 1.99. The minimum Gasteiger partial charge on any atom is -0.495 e. The van der Waals surface area contributed by atoms with Crippen LogP contribution in [0.3, 0.4) is 0 Å². The number of rotatable bonds is 3. The van der Waals surface area contributed by atoms with Crippen LogP contribution in [-0.2, 0) is 0 Å². The van der Waals surface area contributed by atoms with Gasteiger partial charge in [-0.15, -0.1) is 0 Å². The van der Waals surface area contributed by atoms with E-state index >= 15 is 0 Å². The van der Waals surface area contributed by atoms with E-state index in [0.717, 1.165) is 0 Å². The molecule has 0 fully saturated rings. The number of benzene rings is 2. The average molecular weight is 336 g/mol. The lowest BCUT2D eigenvalue weighted by Crippen LogP contribution is -1.92. The van der Waals surface area contributed by atoms with Crippen molar-refractivity contribution < 1.29 is 9.26 Å². The lowest BCUT2D eigenvalue weighted by Gasteiger charge is -2.04. The Labute approximate surface area is 136 Å². The van der Waals surface area contributed by atoms with Crippen LogP contribution in [0.1, 0.15) is 0 Å². The molecule has 5 nitrogen and oxygen atoms in total. The summed E-state index contributed by atoms with van der Waals surface area (Å²) in [5, 5.41) is 4.93. The second kappa shape index (κ2) is 5.87. The molecule has 0 aliphatic heterocycles. The summed E-state index contributed by atoms with van der Waals surface area (Å²) in [6.07, 6.45) is 0. The highest BCUT2D eigenvalue weighted by Gasteiger charge is 2.14. The molecule has 0 radical (unpaired) electrons. The van der Waals surface area contributed by atoms with Crippen molar-refractivity contribution in [1.82, 2.24) is 10.1 Å². The van der Waals surface area contributed by atoms with Crippen molar-refractivity contribution in [3.8, 4) is 28.6 Å². The molecule has 2 aromatic carbocycles. The van der Waals surface area contributed by atoms with Crippen molar-refractivity contribution in [2.45, 2.75) is 0 Å². The van der Waals surface area contributed by atoms with Gasteiger partial charge in [-0.1, -0.05) is 28.4 Å². The molecule has 1 heterocycles. The van der Waals surface area contributed by atoms with E-state index in [1.165, 1.54) is 0 Å². The monoisotopic (exact) mass is 335 g/mol. The summed E-state index contributed by atoms with van der Waals surface area (Å²) in [5.41, 5.74) is 7.71. The van der Waals surface area contributed by atoms with Gasteiger partial charge >= 0.3 is 0 Å². The van der Waals surface area contributed by atoms with Crippen LogP contribution < -0.4 is 10.5 Å². The molecule has 0 saturated carbocycles. The van der Waals surface area contributed by atoms with Gasteiger partial charge in [-0.2, -0.15) is 4.98 Å². The summed E-state index contributed by atoms with van der Waals surface area (Å²) in [4.78, 5) is 4.34. The highest BCUT2D eigenvalue weighted by atomic mass is 35.5. The second-order valence-electron chi connectivity index (χ2n) is 4.50. The third-order valence-electron chi connectivity index (χ3n) is 3.07. The number of anilines is 1. The molecule has 0 unspecified atom stereocenters. The summed E-state index contributed by atoms with van der Waals surface area (Å²) in [6.45, 7) is 0. The molecule has 0 amide bonds. The Balaban J connectivity index is 1.98. The number of hydrogen-bond acceptors (Lipinski definition) is 5. The topological polar surface area (TPSA) is 74.2 Å². The standard InChI is InChI=1S/C15H11Cl2N3O2/c1-21-13-5-2-8(6-12(13)18)15-19-14(20-22-15)10-4-3-9(16)7-11(10)17/h2-7H,18H2,1H3. The largest absolute Gasteiger partial charge is 0.495 e. The molecule has 2 N–H and O–H groups in total. The minimum atomic E-state index is 0.343. The molecule has 0 bridgehead atoms. The van der Waals surface area contributed by atoms with Crippen molar-refractivity contribution in [3.63, 3.8) is 0 Å². The van der Waals surface area contributed by atoms with Crippen molar-refractivity contribution in [3.05, 3.63) is 46.4 Å². The highest BCUT2D eigenvalue weighted by Crippen LogP contribution is 2.31. The summed E-state index contributed by atoms with van der Waals surface area (Å²) in [7, 11) is 1.55. The molecule has 22 heavy (non-hydrogen) atoms. The Kier molecular flexibility index (Phi) is 3.92. The number of nitrogens with two attached hydrogens (primary N) is 1. The van der Waals surface area contributed by atoms with Gasteiger partial charge in [0.1, 0.15) is 5.75 Å². The van der Waals surface area contributed by atoms with Gasteiger partial charge in [-0.3, -0.25) is 0 Å². The number of halogens is 2. The number of nitrogens with zero attached hydrogens (tertiary/aromatic N) is 2. The zero-order valence-corrected chi connectivity index (χ0v) is 13.0. The molecule has 3 rings (SSSR count). The van der Waals surface area contributed by atoms with Gasteiger partial charge in [0.15, 0.2) is 0 Å². The fourth-order valence-corrected chi connectivity index (χ4v) is 2.48. The molecule has 0 spiro atoms. The Morgan fingerprint density at radius 2 is 1.95 bits per heavy atom. The first-order valence-corrected chi connectivity index (χ1v) is 7.07. The first-order valence-electron chi connectivity index (χ1n) is 6.31. The predicted octanol–water partition coefficient (Wildman–Crippen LogP) is 4.30. The molecule has 3 aromatic rings. The van der Waals surface area contributed by atoms with Crippen LogP contribution in [0.2, 0.25) is 10.0 Å². The second-order valence-corrected chi connectivity index (χ2v) is 5.35. The zero-order valence-electron chi connectivity index (χ0n) is 11.5. The molecule has 1 aromatic heterocycles. The maximum Gasteiger partial charge on any atom is 0.258 e. The minimum absolute atomic E-state index is 0.343.